The molecule has 0 aliphatic carbocycles. The zero-order valence-electron chi connectivity index (χ0n) is 12.9. The number of rotatable bonds is 3. The van der Waals surface area contributed by atoms with Gasteiger partial charge in [-0.05, 0) is 18.9 Å². The Kier molecular flexibility index (Phi) is 7.48. The van der Waals surface area contributed by atoms with Crippen LogP contribution >= 0.6 is 36.2 Å². The number of aromatic nitrogens is 1. The van der Waals surface area contributed by atoms with Crippen LogP contribution in [0.1, 0.15) is 32.4 Å². The number of carbonyl (C=O) groups is 1. The largest absolute Gasteiger partial charge is 0.336 e. The second-order valence-electron chi connectivity index (χ2n) is 5.48. The summed E-state index contributed by atoms with van der Waals surface area (Å²) in [7, 11) is 0. The first-order valence-corrected chi connectivity index (χ1v) is 8.00. The minimum absolute atomic E-state index is 0. The van der Waals surface area contributed by atoms with E-state index < -0.39 is 0 Å². The lowest BCUT2D eigenvalue weighted by Crippen LogP contribution is -2.31. The Labute approximate surface area is 152 Å². The third kappa shape index (κ3) is 4.67. The number of nitrogens with zero attached hydrogens (tertiary/aromatic N) is 2. The minimum atomic E-state index is 0. The van der Waals surface area contributed by atoms with Gasteiger partial charge in [-0.15, -0.1) is 36.2 Å². The van der Waals surface area contributed by atoms with Crippen LogP contribution in [0.2, 0.25) is 0 Å². The molecule has 1 amide bonds. The standard InChI is InChI=1S/C16H19N3OS.2ClH/c1-11-15(16(20)19-8-7-13(17)10-19)21-14(18-11)9-12-5-3-2-4-6-12;;/h2-6,13H,7-10,17H2,1H3;2*1H/t13-;;/m1../s1. The summed E-state index contributed by atoms with van der Waals surface area (Å²) in [6.07, 6.45) is 1.67. The summed E-state index contributed by atoms with van der Waals surface area (Å²) in [6.45, 7) is 3.32. The summed E-state index contributed by atoms with van der Waals surface area (Å²) < 4.78 is 0. The average Bonchev–Trinajstić information content (AvgIpc) is 3.06. The van der Waals surface area contributed by atoms with Crippen molar-refractivity contribution >= 4 is 42.1 Å². The number of hydrogen-bond acceptors (Lipinski definition) is 4. The number of hydrogen-bond donors (Lipinski definition) is 1. The summed E-state index contributed by atoms with van der Waals surface area (Å²) in [5.41, 5.74) is 7.93. The van der Waals surface area contributed by atoms with Crippen LogP contribution in [0.15, 0.2) is 30.3 Å². The molecule has 23 heavy (non-hydrogen) atoms. The summed E-state index contributed by atoms with van der Waals surface area (Å²) in [5, 5.41) is 0.991. The molecule has 0 saturated carbocycles. The lowest BCUT2D eigenvalue weighted by molar-refractivity contribution is 0.0794. The van der Waals surface area contributed by atoms with E-state index in [1.165, 1.54) is 16.9 Å². The number of benzene rings is 1. The summed E-state index contributed by atoms with van der Waals surface area (Å²) >= 11 is 1.51. The van der Waals surface area contributed by atoms with Gasteiger partial charge in [-0.1, -0.05) is 30.3 Å². The molecule has 126 valence electrons. The molecular weight excluding hydrogens is 353 g/mol. The smallest absolute Gasteiger partial charge is 0.265 e. The first-order valence-electron chi connectivity index (χ1n) is 7.18. The van der Waals surface area contributed by atoms with Crippen molar-refractivity contribution in [3.8, 4) is 0 Å². The van der Waals surface area contributed by atoms with Crippen LogP contribution in [-0.2, 0) is 6.42 Å². The normalized spacial score (nSPS) is 16.6. The fourth-order valence-corrected chi connectivity index (χ4v) is 3.68. The maximum atomic E-state index is 12.5. The second kappa shape index (κ2) is 8.64. The predicted octanol–water partition coefficient (Wildman–Crippen LogP) is 3.06. The van der Waals surface area contributed by atoms with E-state index in [-0.39, 0.29) is 36.8 Å². The van der Waals surface area contributed by atoms with E-state index in [1.54, 1.807) is 0 Å². The molecule has 4 nitrogen and oxygen atoms in total. The van der Waals surface area contributed by atoms with E-state index in [1.807, 2.05) is 30.0 Å². The predicted molar refractivity (Wildman–Crippen MR) is 99.1 cm³/mol. The molecule has 7 heteroatoms. The van der Waals surface area contributed by atoms with Crippen LogP contribution < -0.4 is 5.73 Å². The van der Waals surface area contributed by atoms with Gasteiger partial charge in [-0.25, -0.2) is 4.98 Å². The van der Waals surface area contributed by atoms with Gasteiger partial charge in [0.1, 0.15) is 4.88 Å². The van der Waals surface area contributed by atoms with Crippen LogP contribution in [0.5, 0.6) is 0 Å². The molecule has 2 heterocycles. The van der Waals surface area contributed by atoms with Crippen LogP contribution in [0, 0.1) is 6.92 Å². The van der Waals surface area contributed by atoms with Crippen LogP contribution in [0.25, 0.3) is 0 Å². The fourth-order valence-electron chi connectivity index (χ4n) is 2.61. The van der Waals surface area contributed by atoms with Gasteiger partial charge in [0.2, 0.25) is 0 Å². The van der Waals surface area contributed by atoms with Crippen molar-refractivity contribution in [1.82, 2.24) is 9.88 Å². The van der Waals surface area contributed by atoms with Crippen molar-refractivity contribution in [3.05, 3.63) is 51.5 Å². The van der Waals surface area contributed by atoms with Gasteiger partial charge in [0, 0.05) is 25.6 Å². The summed E-state index contributed by atoms with van der Waals surface area (Å²) in [4.78, 5) is 19.7. The number of nitrogens with two attached hydrogens (primary N) is 1. The van der Waals surface area contributed by atoms with Crippen LogP contribution in [-0.4, -0.2) is 34.9 Å². The number of amides is 1. The van der Waals surface area contributed by atoms with Gasteiger partial charge < -0.3 is 10.6 Å². The quantitative estimate of drug-likeness (QED) is 0.898. The molecule has 1 aliphatic rings. The highest BCUT2D eigenvalue weighted by molar-refractivity contribution is 7.13. The van der Waals surface area contributed by atoms with Crippen molar-refractivity contribution in [2.75, 3.05) is 13.1 Å². The summed E-state index contributed by atoms with van der Waals surface area (Å²) in [5.74, 6) is 0.0808. The van der Waals surface area contributed by atoms with E-state index in [9.17, 15) is 4.79 Å². The van der Waals surface area contributed by atoms with Gasteiger partial charge in [0.05, 0.1) is 10.7 Å². The third-order valence-corrected chi connectivity index (χ3v) is 4.89. The van der Waals surface area contributed by atoms with E-state index in [0.29, 0.717) is 6.54 Å². The van der Waals surface area contributed by atoms with E-state index >= 15 is 0 Å². The summed E-state index contributed by atoms with van der Waals surface area (Å²) in [6, 6.07) is 10.3. The average molecular weight is 374 g/mol. The van der Waals surface area contributed by atoms with Crippen molar-refractivity contribution in [1.29, 1.82) is 0 Å². The molecule has 3 rings (SSSR count). The number of likely N-dealkylation sites (tertiary alicyclic amines) is 1. The maximum Gasteiger partial charge on any atom is 0.265 e. The molecule has 0 unspecified atom stereocenters. The van der Waals surface area contributed by atoms with Gasteiger partial charge in [0.15, 0.2) is 0 Å². The monoisotopic (exact) mass is 373 g/mol. The zero-order chi connectivity index (χ0) is 14.8. The molecule has 1 atom stereocenters. The van der Waals surface area contributed by atoms with Crippen LogP contribution in [0.3, 0.4) is 0 Å². The first kappa shape index (κ1) is 19.9. The van der Waals surface area contributed by atoms with Crippen molar-refractivity contribution in [2.24, 2.45) is 5.73 Å². The van der Waals surface area contributed by atoms with Crippen molar-refractivity contribution < 1.29 is 4.79 Å². The number of halogens is 2. The number of thiazole rings is 1. The Morgan fingerprint density at radius 1 is 1.35 bits per heavy atom. The highest BCUT2D eigenvalue weighted by Crippen LogP contribution is 2.23. The Balaban J connectivity index is 0.00000132. The zero-order valence-corrected chi connectivity index (χ0v) is 15.3. The lowest BCUT2D eigenvalue weighted by atomic mass is 10.2. The van der Waals surface area contributed by atoms with Gasteiger partial charge >= 0.3 is 0 Å². The Morgan fingerprint density at radius 2 is 2.04 bits per heavy atom. The molecular formula is C16H21Cl2N3OS. The molecule has 0 radical (unpaired) electrons. The molecule has 0 spiro atoms. The Bertz CT molecular complexity index is 648. The van der Waals surface area contributed by atoms with Crippen molar-refractivity contribution in [3.63, 3.8) is 0 Å². The maximum absolute atomic E-state index is 12.5. The highest BCUT2D eigenvalue weighted by Gasteiger charge is 2.27. The lowest BCUT2D eigenvalue weighted by Gasteiger charge is -2.14. The molecule has 1 aliphatic heterocycles. The molecule has 2 N–H and O–H groups in total. The molecule has 1 saturated heterocycles. The number of aryl methyl sites for hydroxylation is 1. The molecule has 1 fully saturated rings. The first-order chi connectivity index (χ1) is 10.1. The minimum Gasteiger partial charge on any atom is -0.336 e. The SMILES string of the molecule is Cc1nc(Cc2ccccc2)sc1C(=O)N1CC[C@@H](N)C1.Cl.Cl. The van der Waals surface area contributed by atoms with Gasteiger partial charge in [-0.3, -0.25) is 4.79 Å². The van der Waals surface area contributed by atoms with Crippen LogP contribution in [0.4, 0.5) is 0 Å². The molecule has 1 aromatic heterocycles. The van der Waals surface area contributed by atoms with Gasteiger partial charge in [0.25, 0.3) is 5.91 Å². The Hall–Kier alpha value is -1.14. The second-order valence-corrected chi connectivity index (χ2v) is 6.57. The van der Waals surface area contributed by atoms with E-state index in [2.05, 4.69) is 17.1 Å². The number of carbonyl (C=O) groups excluding carboxylic acids is 1. The van der Waals surface area contributed by atoms with E-state index in [4.69, 9.17) is 5.73 Å². The molecule has 0 bridgehead atoms. The fraction of sp³-hybridized carbons (Fsp3) is 0.375. The van der Waals surface area contributed by atoms with E-state index in [0.717, 1.165) is 35.0 Å². The third-order valence-electron chi connectivity index (χ3n) is 3.75. The van der Waals surface area contributed by atoms with Crippen molar-refractivity contribution in [2.45, 2.75) is 25.8 Å². The Morgan fingerprint density at radius 3 is 2.65 bits per heavy atom. The molecule has 2 aromatic rings. The molecule has 1 aromatic carbocycles. The topological polar surface area (TPSA) is 59.2 Å². The highest BCUT2D eigenvalue weighted by atomic mass is 35.5. The van der Waals surface area contributed by atoms with Gasteiger partial charge in [-0.2, -0.15) is 0 Å².